The van der Waals surface area contributed by atoms with Crippen LogP contribution < -0.4 is 0 Å². The van der Waals surface area contributed by atoms with Crippen LogP contribution >= 0.6 is 0 Å². The van der Waals surface area contributed by atoms with E-state index in [1.54, 1.807) is 7.11 Å². The fourth-order valence-corrected chi connectivity index (χ4v) is 3.14. The minimum absolute atomic E-state index is 0.400. The molecule has 4 nitrogen and oxygen atoms in total. The number of methoxy groups -OCH3 is 1. The molecule has 0 saturated carbocycles. The van der Waals surface area contributed by atoms with Crippen molar-refractivity contribution in [3.63, 3.8) is 0 Å². The standard InChI is InChI=1S/C17H26N2O2/c1-12(2)16-5-4-15(13-6-7-21-11-13)17(18-16)10-19-8-14(9-19)20-3/h4-5,12-14H,6-11H2,1-3H3/t13-/m1/s1. The Kier molecular flexibility index (Phi) is 4.57. The molecule has 116 valence electrons. The van der Waals surface area contributed by atoms with E-state index < -0.39 is 0 Å². The Labute approximate surface area is 127 Å². The molecule has 2 aliphatic rings. The molecule has 0 aliphatic carbocycles. The maximum atomic E-state index is 5.56. The molecule has 2 aliphatic heterocycles. The van der Waals surface area contributed by atoms with E-state index in [4.69, 9.17) is 14.5 Å². The second kappa shape index (κ2) is 6.42. The quantitative estimate of drug-likeness (QED) is 0.834. The molecule has 1 aromatic heterocycles. The SMILES string of the molecule is COC1CN(Cc2nc(C(C)C)ccc2[C@@H]2CCOC2)C1. The predicted octanol–water partition coefficient (Wildman–Crippen LogP) is 2.54. The van der Waals surface area contributed by atoms with Crippen molar-refractivity contribution in [1.29, 1.82) is 0 Å². The lowest BCUT2D eigenvalue weighted by Crippen LogP contribution is -2.51. The van der Waals surface area contributed by atoms with Crippen molar-refractivity contribution >= 4 is 0 Å². The van der Waals surface area contributed by atoms with Crippen LogP contribution in [0, 0.1) is 0 Å². The molecule has 3 rings (SSSR count). The Morgan fingerprint density at radius 3 is 2.81 bits per heavy atom. The fraction of sp³-hybridized carbons (Fsp3) is 0.706. The van der Waals surface area contributed by atoms with Crippen LogP contribution in [0.1, 0.15) is 49.1 Å². The third kappa shape index (κ3) is 3.28. The maximum absolute atomic E-state index is 5.56. The largest absolute Gasteiger partial charge is 0.381 e. The van der Waals surface area contributed by atoms with E-state index in [1.807, 2.05) is 0 Å². The summed E-state index contributed by atoms with van der Waals surface area (Å²) >= 11 is 0. The number of ether oxygens (including phenoxy) is 2. The summed E-state index contributed by atoms with van der Waals surface area (Å²) in [6.45, 7) is 9.10. The lowest BCUT2D eigenvalue weighted by molar-refractivity contribution is -0.0340. The first-order valence-corrected chi connectivity index (χ1v) is 8.00. The summed E-state index contributed by atoms with van der Waals surface area (Å²) in [4.78, 5) is 7.37. The highest BCUT2D eigenvalue weighted by Gasteiger charge is 2.29. The van der Waals surface area contributed by atoms with Gasteiger partial charge in [0.15, 0.2) is 0 Å². The van der Waals surface area contributed by atoms with Crippen LogP contribution in [0.3, 0.4) is 0 Å². The van der Waals surface area contributed by atoms with Crippen molar-refractivity contribution in [2.45, 2.75) is 44.8 Å². The first kappa shape index (κ1) is 14.9. The second-order valence-corrected chi connectivity index (χ2v) is 6.54. The third-order valence-electron chi connectivity index (χ3n) is 4.62. The summed E-state index contributed by atoms with van der Waals surface area (Å²) < 4.78 is 10.9. The molecule has 0 unspecified atom stereocenters. The van der Waals surface area contributed by atoms with Crippen molar-refractivity contribution in [2.24, 2.45) is 0 Å². The second-order valence-electron chi connectivity index (χ2n) is 6.54. The number of hydrogen-bond donors (Lipinski definition) is 0. The van der Waals surface area contributed by atoms with Gasteiger partial charge < -0.3 is 9.47 Å². The van der Waals surface area contributed by atoms with E-state index in [-0.39, 0.29) is 0 Å². The number of pyridine rings is 1. The molecule has 1 aromatic rings. The summed E-state index contributed by atoms with van der Waals surface area (Å²) in [5, 5.41) is 0. The summed E-state index contributed by atoms with van der Waals surface area (Å²) in [5.41, 5.74) is 3.82. The predicted molar refractivity (Wildman–Crippen MR) is 82.6 cm³/mol. The minimum atomic E-state index is 0.400. The van der Waals surface area contributed by atoms with Crippen LogP contribution in [0.15, 0.2) is 12.1 Å². The first-order valence-electron chi connectivity index (χ1n) is 8.00. The van der Waals surface area contributed by atoms with E-state index in [1.165, 1.54) is 17.0 Å². The zero-order chi connectivity index (χ0) is 14.8. The van der Waals surface area contributed by atoms with Crippen LogP contribution in [0.5, 0.6) is 0 Å². The molecule has 4 heteroatoms. The molecule has 0 N–H and O–H groups in total. The summed E-state index contributed by atoms with van der Waals surface area (Å²) in [7, 11) is 1.79. The van der Waals surface area contributed by atoms with Gasteiger partial charge in [-0.15, -0.1) is 0 Å². The van der Waals surface area contributed by atoms with Crippen molar-refractivity contribution < 1.29 is 9.47 Å². The monoisotopic (exact) mass is 290 g/mol. The van der Waals surface area contributed by atoms with Crippen LogP contribution in [0.2, 0.25) is 0 Å². The summed E-state index contributed by atoms with van der Waals surface area (Å²) in [6, 6.07) is 4.47. The zero-order valence-corrected chi connectivity index (χ0v) is 13.3. The van der Waals surface area contributed by atoms with Crippen molar-refractivity contribution in [3.8, 4) is 0 Å². The zero-order valence-electron chi connectivity index (χ0n) is 13.3. The molecule has 0 aromatic carbocycles. The molecule has 0 amide bonds. The lowest BCUT2D eigenvalue weighted by atomic mass is 9.94. The average Bonchev–Trinajstić information content (AvgIpc) is 2.95. The highest BCUT2D eigenvalue weighted by molar-refractivity contribution is 5.29. The third-order valence-corrected chi connectivity index (χ3v) is 4.62. The van der Waals surface area contributed by atoms with E-state index in [2.05, 4.69) is 30.9 Å². The molecule has 3 heterocycles. The Hall–Kier alpha value is -0.970. The topological polar surface area (TPSA) is 34.6 Å². The van der Waals surface area contributed by atoms with Crippen LogP contribution in [-0.4, -0.2) is 49.4 Å². The average molecular weight is 290 g/mol. The smallest absolute Gasteiger partial charge is 0.0825 e. The molecule has 0 bridgehead atoms. The Bertz CT molecular complexity index is 478. The van der Waals surface area contributed by atoms with Gasteiger partial charge in [-0.1, -0.05) is 19.9 Å². The van der Waals surface area contributed by atoms with Gasteiger partial charge in [0.25, 0.3) is 0 Å². The van der Waals surface area contributed by atoms with Gasteiger partial charge in [0.05, 0.1) is 18.4 Å². The van der Waals surface area contributed by atoms with Gasteiger partial charge in [0.2, 0.25) is 0 Å². The van der Waals surface area contributed by atoms with Gasteiger partial charge in [-0.3, -0.25) is 9.88 Å². The van der Waals surface area contributed by atoms with Gasteiger partial charge in [-0.05, 0) is 24.0 Å². The normalized spacial score (nSPS) is 23.7. The van der Waals surface area contributed by atoms with E-state index >= 15 is 0 Å². The van der Waals surface area contributed by atoms with E-state index in [9.17, 15) is 0 Å². The highest BCUT2D eigenvalue weighted by Crippen LogP contribution is 2.30. The maximum Gasteiger partial charge on any atom is 0.0825 e. The fourth-order valence-electron chi connectivity index (χ4n) is 3.14. The molecule has 2 saturated heterocycles. The Morgan fingerprint density at radius 2 is 2.19 bits per heavy atom. The van der Waals surface area contributed by atoms with Crippen molar-refractivity contribution in [2.75, 3.05) is 33.4 Å². The Morgan fingerprint density at radius 1 is 1.38 bits per heavy atom. The number of aromatic nitrogens is 1. The molecule has 21 heavy (non-hydrogen) atoms. The van der Waals surface area contributed by atoms with Gasteiger partial charge in [-0.2, -0.15) is 0 Å². The van der Waals surface area contributed by atoms with Crippen molar-refractivity contribution in [3.05, 3.63) is 29.1 Å². The van der Waals surface area contributed by atoms with Gasteiger partial charge >= 0.3 is 0 Å². The number of nitrogens with zero attached hydrogens (tertiary/aromatic N) is 2. The van der Waals surface area contributed by atoms with E-state index in [0.29, 0.717) is 17.9 Å². The molecule has 0 spiro atoms. The molecule has 0 radical (unpaired) electrons. The van der Waals surface area contributed by atoms with Crippen LogP contribution in [0.25, 0.3) is 0 Å². The summed E-state index contributed by atoms with van der Waals surface area (Å²) in [6.07, 6.45) is 1.52. The molecular weight excluding hydrogens is 264 g/mol. The highest BCUT2D eigenvalue weighted by atomic mass is 16.5. The summed E-state index contributed by atoms with van der Waals surface area (Å²) in [5.74, 6) is 0.994. The number of likely N-dealkylation sites (tertiary alicyclic amines) is 1. The van der Waals surface area contributed by atoms with Crippen molar-refractivity contribution in [1.82, 2.24) is 9.88 Å². The van der Waals surface area contributed by atoms with Gasteiger partial charge in [0, 0.05) is 45.0 Å². The van der Waals surface area contributed by atoms with Crippen LogP contribution in [0.4, 0.5) is 0 Å². The van der Waals surface area contributed by atoms with Crippen LogP contribution in [-0.2, 0) is 16.0 Å². The molecule has 2 fully saturated rings. The molecule has 1 atom stereocenters. The number of hydrogen-bond acceptors (Lipinski definition) is 4. The first-order chi connectivity index (χ1) is 10.2. The lowest BCUT2D eigenvalue weighted by Gasteiger charge is -2.38. The van der Waals surface area contributed by atoms with E-state index in [0.717, 1.165) is 39.3 Å². The van der Waals surface area contributed by atoms with Gasteiger partial charge in [-0.25, -0.2) is 0 Å². The van der Waals surface area contributed by atoms with Gasteiger partial charge in [0.1, 0.15) is 0 Å². The minimum Gasteiger partial charge on any atom is -0.381 e. The Balaban J connectivity index is 1.78. The molecular formula is C17H26N2O2. The number of rotatable bonds is 5.